The molecule has 0 aliphatic rings. The summed E-state index contributed by atoms with van der Waals surface area (Å²) < 4.78 is 10.0. The maximum Gasteiger partial charge on any atom is 0.226 e. The van der Waals surface area contributed by atoms with Gasteiger partial charge in [0.2, 0.25) is 11.8 Å². The first-order valence-electron chi connectivity index (χ1n) is 10.1. The average Bonchev–Trinajstić information content (AvgIpc) is 3.54. The molecule has 0 saturated carbocycles. The first-order chi connectivity index (χ1) is 15.7. The lowest BCUT2D eigenvalue weighted by atomic mass is 10.2. The normalized spacial score (nSPS) is 11.6. The predicted molar refractivity (Wildman–Crippen MR) is 128 cm³/mol. The minimum absolute atomic E-state index is 0.209. The van der Waals surface area contributed by atoms with E-state index in [4.69, 9.17) is 9.40 Å². The lowest BCUT2D eigenvalue weighted by Crippen LogP contribution is -2.01. The van der Waals surface area contributed by atoms with Crippen LogP contribution >= 0.6 is 34.9 Å². The van der Waals surface area contributed by atoms with Crippen LogP contribution in [0.5, 0.6) is 0 Å². The smallest absolute Gasteiger partial charge is 0.226 e. The van der Waals surface area contributed by atoms with Gasteiger partial charge in [-0.2, -0.15) is 0 Å². The lowest BCUT2D eigenvalue weighted by Gasteiger charge is -2.09. The van der Waals surface area contributed by atoms with Crippen LogP contribution in [0.25, 0.3) is 15.9 Å². The Morgan fingerprint density at radius 2 is 1.72 bits per heavy atom. The number of rotatable bonds is 8. The van der Waals surface area contributed by atoms with Crippen LogP contribution in [-0.4, -0.2) is 29.9 Å². The number of hydrogen-bond acceptors (Lipinski definition) is 9. The molecule has 3 aromatic heterocycles. The molecule has 0 N–H and O–H groups in total. The Balaban J connectivity index is 1.37. The molecule has 10 heteroatoms. The Hall–Kier alpha value is -2.69. The summed E-state index contributed by atoms with van der Waals surface area (Å²) in [7, 11) is 0. The largest absolute Gasteiger partial charge is 0.424 e. The monoisotopic (exact) mass is 480 g/mol. The molecule has 0 atom stereocenters. The highest BCUT2D eigenvalue weighted by atomic mass is 32.2. The SMILES string of the molecule is CC(C)c1nnc(CSc2nnc(CSc3nc4ccccc4s3)n2-c2ccccc2)o1. The molecule has 0 aliphatic heterocycles. The molecule has 32 heavy (non-hydrogen) atoms. The zero-order chi connectivity index (χ0) is 21.9. The van der Waals surface area contributed by atoms with E-state index in [9.17, 15) is 0 Å². The van der Waals surface area contributed by atoms with Gasteiger partial charge in [0.25, 0.3) is 0 Å². The van der Waals surface area contributed by atoms with Crippen molar-refractivity contribution in [1.29, 1.82) is 0 Å². The summed E-state index contributed by atoms with van der Waals surface area (Å²) in [5, 5.41) is 18.0. The molecule has 162 valence electrons. The highest BCUT2D eigenvalue weighted by Crippen LogP contribution is 2.33. The van der Waals surface area contributed by atoms with E-state index in [2.05, 4.69) is 43.2 Å². The second-order valence-electron chi connectivity index (χ2n) is 7.28. The minimum atomic E-state index is 0.209. The number of para-hydroxylation sites is 2. The van der Waals surface area contributed by atoms with Crippen LogP contribution in [0, 0.1) is 0 Å². The van der Waals surface area contributed by atoms with E-state index in [0.717, 1.165) is 26.5 Å². The van der Waals surface area contributed by atoms with E-state index >= 15 is 0 Å². The van der Waals surface area contributed by atoms with Gasteiger partial charge < -0.3 is 4.42 Å². The van der Waals surface area contributed by atoms with Gasteiger partial charge >= 0.3 is 0 Å². The van der Waals surface area contributed by atoms with E-state index < -0.39 is 0 Å². The molecule has 0 radical (unpaired) electrons. The number of aromatic nitrogens is 6. The van der Waals surface area contributed by atoms with E-state index in [-0.39, 0.29) is 5.92 Å². The Morgan fingerprint density at radius 1 is 0.906 bits per heavy atom. The third kappa shape index (κ3) is 4.57. The van der Waals surface area contributed by atoms with E-state index in [1.165, 1.54) is 16.5 Å². The molecule has 0 aliphatic carbocycles. The molecule has 2 aromatic carbocycles. The Labute approximate surface area is 197 Å². The molecule has 0 amide bonds. The average molecular weight is 481 g/mol. The van der Waals surface area contributed by atoms with Crippen molar-refractivity contribution in [3.63, 3.8) is 0 Å². The van der Waals surface area contributed by atoms with Crippen LogP contribution in [0.3, 0.4) is 0 Å². The van der Waals surface area contributed by atoms with E-state index in [0.29, 0.717) is 23.3 Å². The van der Waals surface area contributed by atoms with Gasteiger partial charge in [0.15, 0.2) is 9.50 Å². The summed E-state index contributed by atoms with van der Waals surface area (Å²) in [5.74, 6) is 3.53. The number of fused-ring (bicyclic) bond motifs is 1. The molecule has 5 aromatic rings. The van der Waals surface area contributed by atoms with Gasteiger partial charge in [0.05, 0.1) is 21.7 Å². The van der Waals surface area contributed by atoms with E-state index in [1.54, 1.807) is 23.1 Å². The van der Waals surface area contributed by atoms with Gasteiger partial charge in [0, 0.05) is 11.6 Å². The standard InChI is InChI=1S/C22H20N6OS3/c1-14(2)20-26-25-19(29-20)13-30-21-27-24-18(28(21)15-8-4-3-5-9-15)12-31-22-23-16-10-6-7-11-17(16)32-22/h3-11,14H,12-13H2,1-2H3. The fourth-order valence-electron chi connectivity index (χ4n) is 3.05. The zero-order valence-corrected chi connectivity index (χ0v) is 20.0. The highest BCUT2D eigenvalue weighted by molar-refractivity contribution is 8.00. The van der Waals surface area contributed by atoms with Crippen LogP contribution < -0.4 is 0 Å². The van der Waals surface area contributed by atoms with Crippen LogP contribution in [0.15, 0.2) is 68.5 Å². The summed E-state index contributed by atoms with van der Waals surface area (Å²) in [6.45, 7) is 4.07. The first-order valence-corrected chi connectivity index (χ1v) is 12.9. The molecule has 0 saturated heterocycles. The Bertz CT molecular complexity index is 1290. The first kappa shape index (κ1) is 21.2. The molecule has 0 unspecified atom stereocenters. The summed E-state index contributed by atoms with van der Waals surface area (Å²) >= 11 is 4.91. The van der Waals surface area contributed by atoms with Crippen LogP contribution in [0.4, 0.5) is 0 Å². The number of benzene rings is 2. The summed E-state index contributed by atoms with van der Waals surface area (Å²) in [6.07, 6.45) is 0. The van der Waals surface area contributed by atoms with Crippen molar-refractivity contribution >= 4 is 45.1 Å². The summed E-state index contributed by atoms with van der Waals surface area (Å²) in [5.41, 5.74) is 2.05. The number of nitrogens with zero attached hydrogens (tertiary/aromatic N) is 6. The van der Waals surface area contributed by atoms with Crippen LogP contribution in [-0.2, 0) is 11.5 Å². The second kappa shape index (κ2) is 9.43. The van der Waals surface area contributed by atoms with Crippen molar-refractivity contribution in [2.75, 3.05) is 0 Å². The van der Waals surface area contributed by atoms with Crippen molar-refractivity contribution in [1.82, 2.24) is 29.9 Å². The lowest BCUT2D eigenvalue weighted by molar-refractivity contribution is 0.445. The summed E-state index contributed by atoms with van der Waals surface area (Å²) in [6, 6.07) is 18.3. The maximum atomic E-state index is 5.74. The fourth-order valence-corrected chi connectivity index (χ4v) is 5.84. The van der Waals surface area contributed by atoms with Crippen molar-refractivity contribution < 1.29 is 4.42 Å². The summed E-state index contributed by atoms with van der Waals surface area (Å²) in [4.78, 5) is 4.72. The molecule has 5 rings (SSSR count). The number of thiazole rings is 1. The second-order valence-corrected chi connectivity index (χ2v) is 10.5. The topological polar surface area (TPSA) is 82.5 Å². The van der Waals surface area contributed by atoms with Crippen LogP contribution in [0.2, 0.25) is 0 Å². The highest BCUT2D eigenvalue weighted by Gasteiger charge is 2.17. The third-order valence-corrected chi connectivity index (χ3v) is 7.70. The zero-order valence-electron chi connectivity index (χ0n) is 17.5. The molecule has 3 heterocycles. The quantitative estimate of drug-likeness (QED) is 0.251. The molecule has 0 bridgehead atoms. The molecule has 7 nitrogen and oxygen atoms in total. The minimum Gasteiger partial charge on any atom is -0.424 e. The van der Waals surface area contributed by atoms with Gasteiger partial charge in [-0.15, -0.1) is 31.7 Å². The van der Waals surface area contributed by atoms with Gasteiger partial charge in [-0.05, 0) is 24.3 Å². The van der Waals surface area contributed by atoms with Crippen LogP contribution in [0.1, 0.15) is 37.4 Å². The van der Waals surface area contributed by atoms with Crippen molar-refractivity contribution in [2.24, 2.45) is 0 Å². The van der Waals surface area contributed by atoms with E-state index in [1.807, 2.05) is 50.2 Å². The molecular formula is C22H20N6OS3. The molecule has 0 spiro atoms. The number of hydrogen-bond donors (Lipinski definition) is 0. The molecule has 0 fully saturated rings. The van der Waals surface area contributed by atoms with Gasteiger partial charge in [0.1, 0.15) is 5.82 Å². The molecular weight excluding hydrogens is 460 g/mol. The number of thioether (sulfide) groups is 2. The Morgan fingerprint density at radius 3 is 2.50 bits per heavy atom. The van der Waals surface area contributed by atoms with Gasteiger partial charge in [-0.1, -0.05) is 67.7 Å². The van der Waals surface area contributed by atoms with Crippen molar-refractivity contribution in [3.05, 3.63) is 72.2 Å². The van der Waals surface area contributed by atoms with Gasteiger partial charge in [-0.3, -0.25) is 4.57 Å². The fraction of sp³-hybridized carbons (Fsp3) is 0.227. The van der Waals surface area contributed by atoms with Crippen molar-refractivity contribution in [3.8, 4) is 5.69 Å². The third-order valence-electron chi connectivity index (χ3n) is 4.61. The van der Waals surface area contributed by atoms with Gasteiger partial charge in [-0.25, -0.2) is 4.98 Å². The van der Waals surface area contributed by atoms with Crippen molar-refractivity contribution in [2.45, 2.75) is 40.8 Å². The Kier molecular flexibility index (Phi) is 6.24. The predicted octanol–water partition coefficient (Wildman–Crippen LogP) is 5.97. The maximum absolute atomic E-state index is 5.74.